The topological polar surface area (TPSA) is 44.6 Å². The Morgan fingerprint density at radius 2 is 2.56 bits per heavy atom. The Bertz CT molecular complexity index is 176. The molecule has 0 bridgehead atoms. The van der Waals surface area contributed by atoms with Crippen molar-refractivity contribution in [3.8, 4) is 0 Å². The van der Waals surface area contributed by atoms with Gasteiger partial charge in [0.2, 0.25) is 6.35 Å². The second kappa shape index (κ2) is 2.14. The van der Waals surface area contributed by atoms with Crippen LogP contribution >= 0.6 is 0 Å². The molecule has 1 unspecified atom stereocenters. The predicted molar refractivity (Wildman–Crippen MR) is 31.4 cm³/mol. The van der Waals surface area contributed by atoms with E-state index < -0.39 is 12.2 Å². The Hall–Kier alpha value is -0.900. The number of rotatable bonds is 0. The molecule has 1 heterocycles. The number of aliphatic hydroxyl groups excluding tert-OH is 1. The number of hydrogen-bond acceptors (Lipinski definition) is 3. The fraction of sp³-hybridized carbons (Fsp3) is 0.400. The number of nitrogens with one attached hydrogen (secondary N) is 1. The normalized spacial score (nSPS) is 26.3. The van der Waals surface area contributed by atoms with E-state index in [2.05, 4.69) is 10.3 Å². The average Bonchev–Trinajstić information content (AvgIpc) is 1.80. The van der Waals surface area contributed by atoms with Gasteiger partial charge in [-0.05, 0) is 6.92 Å². The molecule has 0 radical (unpaired) electrons. The number of hydrogen-bond donors (Lipinski definition) is 2. The molecule has 0 aliphatic carbocycles. The van der Waals surface area contributed by atoms with Crippen LogP contribution in [0.1, 0.15) is 6.92 Å². The maximum Gasteiger partial charge on any atom is 0.222 e. The first kappa shape index (κ1) is 6.22. The number of aliphatic hydroxyl groups is 1. The highest BCUT2D eigenvalue weighted by atomic mass is 19.1. The van der Waals surface area contributed by atoms with Gasteiger partial charge >= 0.3 is 0 Å². The van der Waals surface area contributed by atoms with Gasteiger partial charge in [0.15, 0.2) is 5.83 Å². The minimum Gasteiger partial charge on any atom is -0.355 e. The third kappa shape index (κ3) is 1.26. The average molecular weight is 130 g/mol. The first-order valence-electron chi connectivity index (χ1n) is 2.54. The van der Waals surface area contributed by atoms with Crippen LogP contribution in [0.5, 0.6) is 0 Å². The van der Waals surface area contributed by atoms with E-state index in [1.807, 2.05) is 0 Å². The molecule has 0 aromatic heterocycles. The van der Waals surface area contributed by atoms with Crippen LogP contribution in [0.2, 0.25) is 0 Å². The van der Waals surface area contributed by atoms with Crippen molar-refractivity contribution in [2.75, 3.05) is 0 Å². The highest BCUT2D eigenvalue weighted by Crippen LogP contribution is 2.05. The largest absolute Gasteiger partial charge is 0.355 e. The third-order valence-corrected chi connectivity index (χ3v) is 1.03. The highest BCUT2D eigenvalue weighted by Gasteiger charge is 2.08. The summed E-state index contributed by atoms with van der Waals surface area (Å²) < 4.78 is 12.3. The monoisotopic (exact) mass is 130 g/mol. The zero-order chi connectivity index (χ0) is 6.85. The summed E-state index contributed by atoms with van der Waals surface area (Å²) in [5.74, 6) is -0.430. The predicted octanol–water partition coefficient (Wildman–Crippen LogP) is 0.137. The summed E-state index contributed by atoms with van der Waals surface area (Å²) in [6.45, 7) is 1.53. The van der Waals surface area contributed by atoms with Crippen molar-refractivity contribution in [3.63, 3.8) is 0 Å². The van der Waals surface area contributed by atoms with E-state index in [0.717, 1.165) is 6.21 Å². The molecule has 0 amide bonds. The number of halogens is 1. The first-order valence-corrected chi connectivity index (χ1v) is 2.54. The second-order valence-corrected chi connectivity index (χ2v) is 1.77. The molecule has 2 N–H and O–H groups in total. The zero-order valence-electron chi connectivity index (χ0n) is 4.93. The van der Waals surface area contributed by atoms with Gasteiger partial charge in [-0.1, -0.05) is 0 Å². The van der Waals surface area contributed by atoms with E-state index in [-0.39, 0.29) is 0 Å². The molecule has 50 valence electrons. The lowest BCUT2D eigenvalue weighted by Crippen LogP contribution is -2.28. The van der Waals surface area contributed by atoms with E-state index in [4.69, 9.17) is 5.11 Å². The Labute approximate surface area is 51.9 Å². The van der Waals surface area contributed by atoms with Crippen LogP contribution in [0.25, 0.3) is 0 Å². The summed E-state index contributed by atoms with van der Waals surface area (Å²) in [7, 11) is 0. The lowest BCUT2D eigenvalue weighted by atomic mass is 10.4. The minimum absolute atomic E-state index is 0.317. The van der Waals surface area contributed by atoms with Crippen molar-refractivity contribution in [1.29, 1.82) is 0 Å². The molecule has 4 heteroatoms. The molecule has 0 aromatic rings. The van der Waals surface area contributed by atoms with Gasteiger partial charge in [0.25, 0.3) is 0 Å². The fourth-order valence-electron chi connectivity index (χ4n) is 0.533. The summed E-state index contributed by atoms with van der Waals surface area (Å²) in [6, 6.07) is 0. The Kier molecular flexibility index (Phi) is 1.48. The van der Waals surface area contributed by atoms with Gasteiger partial charge in [-0.3, -0.25) is 0 Å². The van der Waals surface area contributed by atoms with Crippen molar-refractivity contribution in [1.82, 2.24) is 5.32 Å². The van der Waals surface area contributed by atoms with E-state index in [9.17, 15) is 4.39 Å². The molecular weight excluding hydrogens is 123 g/mol. The first-order chi connectivity index (χ1) is 4.20. The van der Waals surface area contributed by atoms with E-state index in [1.165, 1.54) is 6.92 Å². The van der Waals surface area contributed by atoms with Gasteiger partial charge in [-0.2, -0.15) is 0 Å². The van der Waals surface area contributed by atoms with Crippen LogP contribution in [0, 0.1) is 0 Å². The van der Waals surface area contributed by atoms with Crippen molar-refractivity contribution in [2.45, 2.75) is 13.3 Å². The van der Waals surface area contributed by atoms with Crippen LogP contribution in [0.15, 0.2) is 16.5 Å². The molecule has 1 aliphatic heterocycles. The maximum absolute atomic E-state index is 12.3. The molecule has 1 rings (SSSR count). The smallest absolute Gasteiger partial charge is 0.222 e. The summed E-state index contributed by atoms with van der Waals surface area (Å²) in [4.78, 5) is 3.35. The molecule has 9 heavy (non-hydrogen) atoms. The Morgan fingerprint density at radius 3 is 3.00 bits per heavy atom. The van der Waals surface area contributed by atoms with Gasteiger partial charge in [0, 0.05) is 5.70 Å². The Morgan fingerprint density at radius 1 is 1.89 bits per heavy atom. The zero-order valence-corrected chi connectivity index (χ0v) is 4.93. The molecular formula is C5H7FN2O. The van der Waals surface area contributed by atoms with Crippen LogP contribution in [-0.2, 0) is 0 Å². The molecule has 3 nitrogen and oxygen atoms in total. The van der Waals surface area contributed by atoms with Crippen LogP contribution in [0.4, 0.5) is 4.39 Å². The molecule has 1 atom stereocenters. The van der Waals surface area contributed by atoms with E-state index in [1.54, 1.807) is 0 Å². The summed E-state index contributed by atoms with van der Waals surface area (Å²) in [6.07, 6.45) is 0.0146. The standard InChI is InChI=1S/C5H7FN2O/c1-3-4(6)2-7-5(9)8-3/h2,5,8-9H,1H3. The highest BCUT2D eigenvalue weighted by molar-refractivity contribution is 5.77. The summed E-state index contributed by atoms with van der Waals surface area (Å²) >= 11 is 0. The summed E-state index contributed by atoms with van der Waals surface area (Å²) in [5, 5.41) is 11.1. The minimum atomic E-state index is -0.982. The third-order valence-electron chi connectivity index (χ3n) is 1.03. The van der Waals surface area contributed by atoms with Gasteiger partial charge in [0.05, 0.1) is 6.21 Å². The van der Waals surface area contributed by atoms with Crippen molar-refractivity contribution < 1.29 is 9.50 Å². The van der Waals surface area contributed by atoms with E-state index in [0.29, 0.717) is 5.70 Å². The molecule has 1 aliphatic rings. The molecule has 0 spiro atoms. The number of aliphatic imine (C=N–C) groups is 1. The van der Waals surface area contributed by atoms with Crippen LogP contribution < -0.4 is 5.32 Å². The van der Waals surface area contributed by atoms with Crippen molar-refractivity contribution >= 4 is 6.21 Å². The quantitative estimate of drug-likeness (QED) is 0.489. The second-order valence-electron chi connectivity index (χ2n) is 1.77. The number of allylic oxidation sites excluding steroid dienone is 2. The van der Waals surface area contributed by atoms with Gasteiger partial charge < -0.3 is 10.4 Å². The van der Waals surface area contributed by atoms with Gasteiger partial charge in [-0.15, -0.1) is 0 Å². The van der Waals surface area contributed by atoms with Gasteiger partial charge in [-0.25, -0.2) is 9.38 Å². The molecule has 0 saturated carbocycles. The fourth-order valence-corrected chi connectivity index (χ4v) is 0.533. The van der Waals surface area contributed by atoms with Crippen molar-refractivity contribution in [2.24, 2.45) is 4.99 Å². The Balaban J connectivity index is 2.75. The van der Waals surface area contributed by atoms with Crippen LogP contribution in [0.3, 0.4) is 0 Å². The lowest BCUT2D eigenvalue weighted by Gasteiger charge is -2.13. The van der Waals surface area contributed by atoms with Gasteiger partial charge in [0.1, 0.15) is 0 Å². The summed E-state index contributed by atoms with van der Waals surface area (Å²) in [5.41, 5.74) is 0.317. The molecule has 0 saturated heterocycles. The molecule has 0 fully saturated rings. The van der Waals surface area contributed by atoms with Crippen LogP contribution in [-0.4, -0.2) is 17.7 Å². The van der Waals surface area contributed by atoms with E-state index >= 15 is 0 Å². The lowest BCUT2D eigenvalue weighted by molar-refractivity contribution is 0.156. The maximum atomic E-state index is 12.3. The number of nitrogens with zero attached hydrogens (tertiary/aromatic N) is 1. The molecule has 0 aromatic carbocycles. The SMILES string of the molecule is CC1=C(F)C=NC(O)N1. The van der Waals surface area contributed by atoms with Crippen molar-refractivity contribution in [3.05, 3.63) is 11.5 Å².